The van der Waals surface area contributed by atoms with Crippen LogP contribution in [0, 0.1) is 6.42 Å². The number of nitrogens with zero attached hydrogens (tertiary/aromatic N) is 1. The molecule has 0 atom stereocenters. The van der Waals surface area contributed by atoms with Gasteiger partial charge in [0.25, 0.3) is 0 Å². The maximum Gasteiger partial charge on any atom is 0.230 e. The van der Waals surface area contributed by atoms with Gasteiger partial charge in [0.1, 0.15) is 0 Å². The molecule has 0 unspecified atom stereocenters. The molecule has 0 saturated carbocycles. The van der Waals surface area contributed by atoms with E-state index in [0.717, 1.165) is 25.9 Å². The van der Waals surface area contributed by atoms with Crippen LogP contribution in [0.15, 0.2) is 12.7 Å². The van der Waals surface area contributed by atoms with Gasteiger partial charge in [0.05, 0.1) is 6.42 Å². The summed E-state index contributed by atoms with van der Waals surface area (Å²) < 4.78 is 0. The third-order valence-corrected chi connectivity index (χ3v) is 1.68. The smallest absolute Gasteiger partial charge is 0.230 e. The first-order chi connectivity index (χ1) is 4.84. The Hall–Kier alpha value is -0.790. The second-order valence-electron chi connectivity index (χ2n) is 2.43. The van der Waals surface area contributed by atoms with E-state index in [1.807, 2.05) is 4.90 Å². The summed E-state index contributed by atoms with van der Waals surface area (Å²) in [6, 6.07) is 0. The summed E-state index contributed by atoms with van der Waals surface area (Å²) in [5, 5.41) is 0. The molecule has 0 aromatic carbocycles. The van der Waals surface area contributed by atoms with Crippen molar-refractivity contribution in [3.8, 4) is 0 Å². The highest BCUT2D eigenvalue weighted by Gasteiger charge is 2.15. The molecular weight excluding hydrogens is 126 g/mol. The van der Waals surface area contributed by atoms with E-state index >= 15 is 0 Å². The first-order valence-corrected chi connectivity index (χ1v) is 3.59. The van der Waals surface area contributed by atoms with Crippen molar-refractivity contribution >= 4 is 5.91 Å². The highest BCUT2D eigenvalue weighted by molar-refractivity contribution is 5.86. The fourth-order valence-corrected chi connectivity index (χ4v) is 1.14. The van der Waals surface area contributed by atoms with E-state index in [1.54, 1.807) is 6.08 Å². The van der Waals surface area contributed by atoms with E-state index in [0.29, 0.717) is 0 Å². The summed E-state index contributed by atoms with van der Waals surface area (Å²) in [6.07, 6.45) is 5.36. The SMILES string of the molecule is C=C[CH]C(=O)N1CCCC1. The Morgan fingerprint density at radius 3 is 2.50 bits per heavy atom. The van der Waals surface area contributed by atoms with E-state index in [9.17, 15) is 4.79 Å². The normalized spacial score (nSPS) is 17.4. The lowest BCUT2D eigenvalue weighted by Gasteiger charge is -2.12. The molecule has 10 heavy (non-hydrogen) atoms. The lowest BCUT2D eigenvalue weighted by atomic mass is 10.4. The van der Waals surface area contributed by atoms with Gasteiger partial charge in [-0.1, -0.05) is 6.08 Å². The molecule has 0 aromatic heterocycles. The second-order valence-corrected chi connectivity index (χ2v) is 2.43. The van der Waals surface area contributed by atoms with Gasteiger partial charge in [-0.2, -0.15) is 0 Å². The molecule has 0 spiro atoms. The van der Waals surface area contributed by atoms with Gasteiger partial charge in [-0.15, -0.1) is 6.58 Å². The predicted molar refractivity (Wildman–Crippen MR) is 40.3 cm³/mol. The summed E-state index contributed by atoms with van der Waals surface area (Å²) in [6.45, 7) is 5.31. The average Bonchev–Trinajstić information content (AvgIpc) is 2.38. The Labute approximate surface area is 61.5 Å². The molecule has 55 valence electrons. The molecule has 1 aliphatic heterocycles. The fraction of sp³-hybridized carbons (Fsp3) is 0.500. The summed E-state index contributed by atoms with van der Waals surface area (Å²) in [5.41, 5.74) is 0. The van der Waals surface area contributed by atoms with Crippen LogP contribution < -0.4 is 0 Å². The molecule has 1 rings (SSSR count). The molecular formula is C8H12NO. The first-order valence-electron chi connectivity index (χ1n) is 3.59. The molecule has 0 bridgehead atoms. The minimum absolute atomic E-state index is 0.104. The number of rotatable bonds is 2. The lowest BCUT2D eigenvalue weighted by molar-refractivity contribution is -0.126. The van der Waals surface area contributed by atoms with Gasteiger partial charge in [0.15, 0.2) is 0 Å². The highest BCUT2D eigenvalue weighted by atomic mass is 16.2. The molecule has 2 nitrogen and oxygen atoms in total. The third-order valence-electron chi connectivity index (χ3n) is 1.68. The second kappa shape index (κ2) is 3.40. The van der Waals surface area contributed by atoms with Crippen molar-refractivity contribution < 1.29 is 4.79 Å². The Balaban J connectivity index is 2.32. The molecule has 0 N–H and O–H groups in total. The predicted octanol–water partition coefficient (Wildman–Crippen LogP) is 0.999. The summed E-state index contributed by atoms with van der Waals surface area (Å²) in [4.78, 5) is 12.9. The van der Waals surface area contributed by atoms with Crippen LogP contribution in [0.2, 0.25) is 0 Å². The van der Waals surface area contributed by atoms with Crippen molar-refractivity contribution in [2.45, 2.75) is 12.8 Å². The largest absolute Gasteiger partial charge is 0.342 e. The molecule has 1 fully saturated rings. The van der Waals surface area contributed by atoms with Gasteiger partial charge in [-0.3, -0.25) is 4.79 Å². The summed E-state index contributed by atoms with van der Waals surface area (Å²) >= 11 is 0. The molecule has 1 aliphatic rings. The van der Waals surface area contributed by atoms with Gasteiger partial charge in [-0.25, -0.2) is 0 Å². The van der Waals surface area contributed by atoms with Gasteiger partial charge in [-0.05, 0) is 12.8 Å². The number of hydrogen-bond donors (Lipinski definition) is 0. The van der Waals surface area contributed by atoms with Crippen LogP contribution in [0.3, 0.4) is 0 Å². The minimum atomic E-state index is 0.104. The van der Waals surface area contributed by atoms with Crippen LogP contribution in [0.25, 0.3) is 0 Å². The maximum absolute atomic E-state index is 11.0. The quantitative estimate of drug-likeness (QED) is 0.557. The van der Waals surface area contributed by atoms with Gasteiger partial charge in [0, 0.05) is 13.1 Å². The van der Waals surface area contributed by atoms with Crippen LogP contribution in [-0.4, -0.2) is 23.9 Å². The number of hydrogen-bond acceptors (Lipinski definition) is 1. The zero-order chi connectivity index (χ0) is 7.40. The average molecular weight is 138 g/mol. The minimum Gasteiger partial charge on any atom is -0.342 e. The van der Waals surface area contributed by atoms with E-state index in [1.165, 1.54) is 6.42 Å². The molecule has 1 amide bonds. The van der Waals surface area contributed by atoms with Crippen molar-refractivity contribution in [1.29, 1.82) is 0 Å². The lowest BCUT2D eigenvalue weighted by Crippen LogP contribution is -2.27. The molecule has 0 aromatic rings. The van der Waals surface area contributed by atoms with Crippen LogP contribution in [0.4, 0.5) is 0 Å². The third kappa shape index (κ3) is 1.59. The van der Waals surface area contributed by atoms with E-state index < -0.39 is 0 Å². The first kappa shape index (κ1) is 7.32. The van der Waals surface area contributed by atoms with Crippen molar-refractivity contribution in [2.75, 3.05) is 13.1 Å². The summed E-state index contributed by atoms with van der Waals surface area (Å²) in [5.74, 6) is 0.104. The van der Waals surface area contributed by atoms with Crippen molar-refractivity contribution in [2.24, 2.45) is 0 Å². The standard InChI is InChI=1S/C8H12NO/c1-2-5-8(10)9-6-3-4-7-9/h2,5H,1,3-4,6-7H2. The molecule has 2 heteroatoms. The van der Waals surface area contributed by atoms with Crippen LogP contribution >= 0.6 is 0 Å². The van der Waals surface area contributed by atoms with Crippen molar-refractivity contribution in [3.63, 3.8) is 0 Å². The Bertz CT molecular complexity index is 136. The number of carbonyl (C=O) groups excluding carboxylic acids is 1. The Morgan fingerprint density at radius 1 is 1.40 bits per heavy atom. The Morgan fingerprint density at radius 2 is 2.00 bits per heavy atom. The number of carbonyl (C=O) groups is 1. The highest BCUT2D eigenvalue weighted by Crippen LogP contribution is 2.08. The Kier molecular flexibility index (Phi) is 2.49. The van der Waals surface area contributed by atoms with Crippen molar-refractivity contribution in [3.05, 3.63) is 19.1 Å². The monoisotopic (exact) mass is 138 g/mol. The van der Waals surface area contributed by atoms with E-state index in [4.69, 9.17) is 0 Å². The topological polar surface area (TPSA) is 20.3 Å². The van der Waals surface area contributed by atoms with Crippen LogP contribution in [-0.2, 0) is 4.79 Å². The van der Waals surface area contributed by atoms with Gasteiger partial charge in [0.2, 0.25) is 5.91 Å². The van der Waals surface area contributed by atoms with E-state index in [2.05, 4.69) is 6.58 Å². The molecule has 0 aliphatic carbocycles. The van der Waals surface area contributed by atoms with Gasteiger partial charge < -0.3 is 4.90 Å². The van der Waals surface area contributed by atoms with Crippen molar-refractivity contribution in [1.82, 2.24) is 4.90 Å². The van der Waals surface area contributed by atoms with Gasteiger partial charge >= 0.3 is 0 Å². The fourth-order valence-electron chi connectivity index (χ4n) is 1.14. The zero-order valence-electron chi connectivity index (χ0n) is 6.05. The molecule has 1 saturated heterocycles. The zero-order valence-corrected chi connectivity index (χ0v) is 6.05. The molecule has 1 heterocycles. The molecule has 1 radical (unpaired) electrons. The van der Waals surface area contributed by atoms with E-state index in [-0.39, 0.29) is 5.91 Å². The number of amides is 1. The summed E-state index contributed by atoms with van der Waals surface area (Å²) in [7, 11) is 0. The number of likely N-dealkylation sites (tertiary alicyclic amines) is 1. The van der Waals surface area contributed by atoms with Crippen LogP contribution in [0.1, 0.15) is 12.8 Å². The maximum atomic E-state index is 11.0. The van der Waals surface area contributed by atoms with Crippen LogP contribution in [0.5, 0.6) is 0 Å².